The van der Waals surface area contributed by atoms with Crippen LogP contribution in [0.1, 0.15) is 44.1 Å². The van der Waals surface area contributed by atoms with Crippen LogP contribution in [0.4, 0.5) is 10.5 Å². The van der Waals surface area contributed by atoms with Crippen LogP contribution in [0.2, 0.25) is 0 Å². The predicted molar refractivity (Wildman–Crippen MR) is 97.7 cm³/mol. The highest BCUT2D eigenvalue weighted by molar-refractivity contribution is 5.93. The molecule has 4 nitrogen and oxygen atoms in total. The number of nitrogens with one attached hydrogen (secondary N) is 1. The van der Waals surface area contributed by atoms with E-state index in [0.29, 0.717) is 17.9 Å². The number of anilines is 1. The molecule has 1 heterocycles. The summed E-state index contributed by atoms with van der Waals surface area (Å²) in [4.78, 5) is 15.1. The Morgan fingerprint density at radius 1 is 1.20 bits per heavy atom. The number of hydrogen-bond donors (Lipinski definition) is 1. The summed E-state index contributed by atoms with van der Waals surface area (Å²) in [7, 11) is 1.88. The fourth-order valence-electron chi connectivity index (χ4n) is 6.40. The number of nitrogens with zero attached hydrogens (tertiary/aromatic N) is 1. The van der Waals surface area contributed by atoms with Crippen molar-refractivity contribution in [3.63, 3.8) is 0 Å². The number of carbonyl (C=O) groups is 1. The zero-order chi connectivity index (χ0) is 17.0. The maximum atomic E-state index is 13.1. The van der Waals surface area contributed by atoms with Gasteiger partial charge in [-0.2, -0.15) is 0 Å². The number of amides is 2. The molecule has 2 unspecified atom stereocenters. The van der Waals surface area contributed by atoms with Gasteiger partial charge in [0.15, 0.2) is 0 Å². The Morgan fingerprint density at radius 2 is 1.96 bits per heavy atom. The van der Waals surface area contributed by atoms with Crippen LogP contribution in [0.5, 0.6) is 0 Å². The first-order valence-electron chi connectivity index (χ1n) is 9.88. The molecule has 0 saturated heterocycles. The zero-order valence-corrected chi connectivity index (χ0v) is 15.0. The highest BCUT2D eigenvalue weighted by Gasteiger charge is 2.56. The molecule has 4 aliphatic carbocycles. The third-order valence-corrected chi connectivity index (χ3v) is 7.30. The normalized spacial score (nSPS) is 38.5. The number of ether oxygens (including phenoxy) is 1. The van der Waals surface area contributed by atoms with Crippen molar-refractivity contribution in [1.82, 2.24) is 5.32 Å². The molecule has 1 aromatic carbocycles. The van der Waals surface area contributed by atoms with Crippen LogP contribution < -0.4 is 10.2 Å². The van der Waals surface area contributed by atoms with E-state index in [1.54, 1.807) is 0 Å². The maximum absolute atomic E-state index is 13.1. The van der Waals surface area contributed by atoms with E-state index in [2.05, 4.69) is 23.5 Å². The second-order valence-corrected chi connectivity index (χ2v) is 8.72. The summed E-state index contributed by atoms with van der Waals surface area (Å²) in [5, 5.41) is 3.45. The predicted octanol–water partition coefficient (Wildman–Crippen LogP) is 3.74. The van der Waals surface area contributed by atoms with Crippen LogP contribution in [0.15, 0.2) is 24.3 Å². The average molecular weight is 340 g/mol. The maximum Gasteiger partial charge on any atom is 0.322 e. The molecule has 4 fully saturated rings. The van der Waals surface area contributed by atoms with Gasteiger partial charge in [0.1, 0.15) is 0 Å². The topological polar surface area (TPSA) is 41.6 Å². The molecule has 2 atom stereocenters. The van der Waals surface area contributed by atoms with Crippen molar-refractivity contribution < 1.29 is 9.53 Å². The van der Waals surface area contributed by atoms with Crippen LogP contribution in [-0.2, 0) is 11.2 Å². The molecule has 0 radical (unpaired) electrons. The smallest absolute Gasteiger partial charge is 0.322 e. The molecule has 134 valence electrons. The Hall–Kier alpha value is -1.55. The quantitative estimate of drug-likeness (QED) is 0.891. The molecule has 0 aromatic heterocycles. The molecule has 2 amide bonds. The van der Waals surface area contributed by atoms with E-state index in [9.17, 15) is 4.79 Å². The van der Waals surface area contributed by atoms with E-state index >= 15 is 0 Å². The Kier molecular flexibility index (Phi) is 3.60. The molecule has 1 N–H and O–H groups in total. The first kappa shape index (κ1) is 15.7. The monoisotopic (exact) mass is 340 g/mol. The van der Waals surface area contributed by atoms with Gasteiger partial charge in [-0.15, -0.1) is 0 Å². The summed E-state index contributed by atoms with van der Waals surface area (Å²) in [5.41, 5.74) is 2.51. The first-order valence-corrected chi connectivity index (χ1v) is 9.88. The van der Waals surface area contributed by atoms with E-state index in [-0.39, 0.29) is 11.6 Å². The summed E-state index contributed by atoms with van der Waals surface area (Å²) in [6, 6.07) is 8.79. The number of aryl methyl sites for hydroxylation is 1. The number of hydrogen-bond acceptors (Lipinski definition) is 2. The van der Waals surface area contributed by atoms with Gasteiger partial charge in [-0.25, -0.2) is 4.79 Å². The summed E-state index contributed by atoms with van der Waals surface area (Å²) >= 11 is 0. The Labute approximate surface area is 149 Å². The number of carbonyl (C=O) groups excluding carboxylic acids is 1. The Balaban J connectivity index is 1.34. The van der Waals surface area contributed by atoms with E-state index in [4.69, 9.17) is 4.74 Å². The molecule has 1 aliphatic heterocycles. The summed E-state index contributed by atoms with van der Waals surface area (Å²) in [6.07, 6.45) is 8.14. The molecule has 0 spiro atoms. The van der Waals surface area contributed by atoms with Gasteiger partial charge < -0.3 is 10.1 Å². The van der Waals surface area contributed by atoms with Crippen molar-refractivity contribution in [2.45, 2.75) is 56.6 Å². The van der Waals surface area contributed by atoms with Crippen molar-refractivity contribution in [3.05, 3.63) is 29.8 Å². The molecule has 4 heteroatoms. The third kappa shape index (κ3) is 2.49. The standard InChI is InChI=1S/C21H28N2O2/c1-25-21-11-14-9-16(12-21)19(17(10-14)13-21)22-20(24)23-8-4-6-15-5-2-3-7-18(15)23/h2-3,5,7,14,16-17,19H,4,6,8-13H2,1H3,(H,22,24). The van der Waals surface area contributed by atoms with Crippen molar-refractivity contribution in [1.29, 1.82) is 0 Å². The molecule has 4 saturated carbocycles. The highest BCUT2D eigenvalue weighted by atomic mass is 16.5. The lowest BCUT2D eigenvalue weighted by Crippen LogP contribution is -2.63. The highest BCUT2D eigenvalue weighted by Crippen LogP contribution is 2.57. The molecule has 25 heavy (non-hydrogen) atoms. The van der Waals surface area contributed by atoms with E-state index in [1.807, 2.05) is 18.1 Å². The summed E-state index contributed by atoms with van der Waals surface area (Å²) < 4.78 is 5.94. The molecular formula is C21H28N2O2. The molecule has 5 aliphatic rings. The van der Waals surface area contributed by atoms with Crippen LogP contribution in [0.25, 0.3) is 0 Å². The Bertz CT molecular complexity index is 672. The second kappa shape index (κ2) is 5.73. The third-order valence-electron chi connectivity index (χ3n) is 7.30. The van der Waals surface area contributed by atoms with Crippen molar-refractivity contribution in [3.8, 4) is 0 Å². The largest absolute Gasteiger partial charge is 0.378 e. The van der Waals surface area contributed by atoms with E-state index < -0.39 is 0 Å². The van der Waals surface area contributed by atoms with Gasteiger partial charge in [0, 0.05) is 25.4 Å². The van der Waals surface area contributed by atoms with Gasteiger partial charge in [0.25, 0.3) is 0 Å². The van der Waals surface area contributed by atoms with Crippen molar-refractivity contribution in [2.75, 3.05) is 18.6 Å². The van der Waals surface area contributed by atoms with Crippen LogP contribution in [-0.4, -0.2) is 31.3 Å². The van der Waals surface area contributed by atoms with E-state index in [1.165, 1.54) is 24.8 Å². The molecule has 4 bridgehead atoms. The minimum atomic E-state index is 0.107. The second-order valence-electron chi connectivity index (χ2n) is 8.72. The lowest BCUT2D eigenvalue weighted by molar-refractivity contribution is -0.155. The van der Waals surface area contributed by atoms with Crippen LogP contribution in [0, 0.1) is 17.8 Å². The lowest BCUT2D eigenvalue weighted by atomic mass is 9.52. The fraction of sp³-hybridized carbons (Fsp3) is 0.667. The number of rotatable bonds is 2. The molecule has 1 aromatic rings. The number of methoxy groups -OCH3 is 1. The van der Waals surface area contributed by atoms with Gasteiger partial charge >= 0.3 is 6.03 Å². The Morgan fingerprint density at radius 3 is 2.72 bits per heavy atom. The van der Waals surface area contributed by atoms with Crippen LogP contribution in [0.3, 0.4) is 0 Å². The van der Waals surface area contributed by atoms with E-state index in [0.717, 1.165) is 43.8 Å². The van der Waals surface area contributed by atoms with Gasteiger partial charge in [0.05, 0.1) is 5.60 Å². The number of urea groups is 1. The van der Waals surface area contributed by atoms with Gasteiger partial charge in [-0.05, 0) is 74.3 Å². The summed E-state index contributed by atoms with van der Waals surface area (Å²) in [5.74, 6) is 1.99. The van der Waals surface area contributed by atoms with Gasteiger partial charge in [-0.1, -0.05) is 18.2 Å². The summed E-state index contributed by atoms with van der Waals surface area (Å²) in [6.45, 7) is 0.829. The number of para-hydroxylation sites is 1. The van der Waals surface area contributed by atoms with Crippen molar-refractivity contribution >= 4 is 11.7 Å². The molecular weight excluding hydrogens is 312 g/mol. The fourth-order valence-corrected chi connectivity index (χ4v) is 6.40. The zero-order valence-electron chi connectivity index (χ0n) is 15.0. The van der Waals surface area contributed by atoms with Gasteiger partial charge in [-0.3, -0.25) is 4.90 Å². The minimum Gasteiger partial charge on any atom is -0.378 e. The van der Waals surface area contributed by atoms with Crippen molar-refractivity contribution in [2.24, 2.45) is 17.8 Å². The number of benzene rings is 1. The minimum absolute atomic E-state index is 0.107. The lowest BCUT2D eigenvalue weighted by Gasteiger charge is -2.59. The van der Waals surface area contributed by atoms with Crippen LogP contribution >= 0.6 is 0 Å². The SMILES string of the molecule is COC12CC3CC(C1)C(NC(=O)N1CCCc4ccccc41)C(C3)C2. The molecule has 6 rings (SSSR count). The van der Waals surface area contributed by atoms with Gasteiger partial charge in [0.2, 0.25) is 0 Å². The average Bonchev–Trinajstić information content (AvgIpc) is 2.63. The first-order chi connectivity index (χ1) is 12.2. The number of fused-ring (bicyclic) bond motifs is 1.